The molecule has 0 spiro atoms. The van der Waals surface area contributed by atoms with Crippen molar-refractivity contribution >= 4 is 33.2 Å². The molecule has 0 unspecified atom stereocenters. The lowest BCUT2D eigenvalue weighted by molar-refractivity contribution is 0.894. The number of fused-ring (bicyclic) bond motifs is 1. The summed E-state index contributed by atoms with van der Waals surface area (Å²) in [7, 11) is 0. The lowest BCUT2D eigenvalue weighted by Crippen LogP contribution is -2.03. The number of nitrogens with one attached hydrogen (secondary N) is 2. The molecule has 0 bridgehead atoms. The van der Waals surface area contributed by atoms with Gasteiger partial charge in [-0.3, -0.25) is 0 Å². The number of anilines is 2. The molecule has 19 heavy (non-hydrogen) atoms. The lowest BCUT2D eigenvalue weighted by atomic mass is 10.3. The van der Waals surface area contributed by atoms with Crippen molar-refractivity contribution in [2.45, 2.75) is 6.42 Å². The van der Waals surface area contributed by atoms with Crippen molar-refractivity contribution in [2.75, 3.05) is 11.9 Å². The number of nitrogens with two attached hydrogens (primary N) is 1. The molecule has 6 nitrogen and oxygen atoms in total. The van der Waals surface area contributed by atoms with Crippen LogP contribution in [0.1, 0.15) is 5.69 Å². The predicted molar refractivity (Wildman–Crippen MR) is 77.5 cm³/mol. The Hall–Kier alpha value is -1.86. The van der Waals surface area contributed by atoms with Gasteiger partial charge in [0.15, 0.2) is 11.5 Å². The van der Waals surface area contributed by atoms with E-state index in [0.29, 0.717) is 6.54 Å². The van der Waals surface area contributed by atoms with Crippen LogP contribution in [0.5, 0.6) is 0 Å². The SMILES string of the molecule is NCCc1nc2ccc(Nc3ccc[nH]3)nn2c1Br. The Labute approximate surface area is 118 Å². The predicted octanol–water partition coefficient (Wildman–Crippen LogP) is 2.06. The fraction of sp³-hybridized carbons (Fsp3) is 0.167. The highest BCUT2D eigenvalue weighted by atomic mass is 79.9. The van der Waals surface area contributed by atoms with E-state index in [9.17, 15) is 0 Å². The molecule has 0 radical (unpaired) electrons. The number of nitrogens with zero attached hydrogens (tertiary/aromatic N) is 3. The number of H-pyrrole nitrogens is 1. The highest BCUT2D eigenvalue weighted by Crippen LogP contribution is 2.20. The summed E-state index contributed by atoms with van der Waals surface area (Å²) in [6.45, 7) is 0.566. The second-order valence-corrected chi connectivity index (χ2v) is 4.84. The van der Waals surface area contributed by atoms with Crippen molar-refractivity contribution in [3.05, 3.63) is 40.8 Å². The van der Waals surface area contributed by atoms with Crippen LogP contribution in [0.15, 0.2) is 35.1 Å². The fourth-order valence-electron chi connectivity index (χ4n) is 1.86. The van der Waals surface area contributed by atoms with Crippen molar-refractivity contribution in [3.63, 3.8) is 0 Å². The Morgan fingerprint density at radius 1 is 1.37 bits per heavy atom. The summed E-state index contributed by atoms with van der Waals surface area (Å²) in [5, 5.41) is 7.67. The molecule has 3 heterocycles. The molecule has 0 fully saturated rings. The topological polar surface area (TPSA) is 84.0 Å². The molecule has 98 valence electrons. The molecule has 3 aromatic rings. The summed E-state index contributed by atoms with van der Waals surface area (Å²) >= 11 is 3.51. The van der Waals surface area contributed by atoms with E-state index in [-0.39, 0.29) is 0 Å². The zero-order valence-electron chi connectivity index (χ0n) is 10.1. The smallest absolute Gasteiger partial charge is 0.155 e. The molecule has 3 aromatic heterocycles. The van der Waals surface area contributed by atoms with Crippen molar-refractivity contribution < 1.29 is 0 Å². The molecule has 0 aliphatic rings. The summed E-state index contributed by atoms with van der Waals surface area (Å²) in [4.78, 5) is 7.55. The maximum absolute atomic E-state index is 5.56. The molecule has 0 atom stereocenters. The molecule has 0 aromatic carbocycles. The quantitative estimate of drug-likeness (QED) is 0.687. The first kappa shape index (κ1) is 12.2. The normalized spacial score (nSPS) is 11.1. The molecular formula is C12H13BrN6. The van der Waals surface area contributed by atoms with Crippen molar-refractivity contribution in [1.29, 1.82) is 0 Å². The Morgan fingerprint density at radius 2 is 2.26 bits per heavy atom. The number of aromatic nitrogens is 4. The van der Waals surface area contributed by atoms with Crippen LogP contribution in [0, 0.1) is 0 Å². The number of imidazole rings is 1. The average molecular weight is 321 g/mol. The second-order valence-electron chi connectivity index (χ2n) is 4.09. The van der Waals surface area contributed by atoms with Gasteiger partial charge in [0, 0.05) is 12.6 Å². The van der Waals surface area contributed by atoms with Gasteiger partial charge in [0.1, 0.15) is 10.4 Å². The third-order valence-electron chi connectivity index (χ3n) is 2.73. The number of halogens is 1. The molecule has 0 saturated heterocycles. The average Bonchev–Trinajstić information content (AvgIpc) is 3.01. The summed E-state index contributed by atoms with van der Waals surface area (Å²) < 4.78 is 2.61. The van der Waals surface area contributed by atoms with Gasteiger partial charge in [-0.25, -0.2) is 9.50 Å². The Kier molecular flexibility index (Phi) is 3.22. The first-order valence-electron chi connectivity index (χ1n) is 5.92. The summed E-state index contributed by atoms with van der Waals surface area (Å²) in [5.41, 5.74) is 7.29. The number of hydrogen-bond acceptors (Lipinski definition) is 4. The van der Waals surface area contributed by atoms with E-state index in [0.717, 1.165) is 34.0 Å². The maximum atomic E-state index is 5.56. The molecule has 4 N–H and O–H groups in total. The van der Waals surface area contributed by atoms with Crippen LogP contribution in [0.4, 0.5) is 11.6 Å². The first-order chi connectivity index (χ1) is 9.28. The molecule has 3 rings (SSSR count). The van der Waals surface area contributed by atoms with Gasteiger partial charge in [-0.1, -0.05) is 0 Å². The number of hydrogen-bond donors (Lipinski definition) is 3. The van der Waals surface area contributed by atoms with Crippen LogP contribution < -0.4 is 11.1 Å². The standard InChI is InChI=1S/C12H13BrN6/c13-12-8(5-6-14)16-11-4-3-10(18-19(11)12)17-9-2-1-7-15-9/h1-4,7,15H,5-6,14H2,(H,17,18). The van der Waals surface area contributed by atoms with E-state index < -0.39 is 0 Å². The molecule has 0 aliphatic carbocycles. The molecule has 7 heteroatoms. The van der Waals surface area contributed by atoms with Crippen LogP contribution in [0.3, 0.4) is 0 Å². The summed E-state index contributed by atoms with van der Waals surface area (Å²) in [5.74, 6) is 1.64. The van der Waals surface area contributed by atoms with Gasteiger partial charge >= 0.3 is 0 Å². The van der Waals surface area contributed by atoms with Crippen molar-refractivity contribution in [2.24, 2.45) is 5.73 Å². The lowest BCUT2D eigenvalue weighted by Gasteiger charge is -2.03. The van der Waals surface area contributed by atoms with E-state index in [1.165, 1.54) is 0 Å². The van der Waals surface area contributed by atoms with Crippen LogP contribution >= 0.6 is 15.9 Å². The van der Waals surface area contributed by atoms with Gasteiger partial charge in [-0.15, -0.1) is 5.10 Å². The van der Waals surface area contributed by atoms with E-state index in [1.54, 1.807) is 4.52 Å². The third kappa shape index (κ3) is 2.34. The largest absolute Gasteiger partial charge is 0.348 e. The van der Waals surface area contributed by atoms with Gasteiger partial charge in [-0.2, -0.15) is 0 Å². The molecule has 0 amide bonds. The van der Waals surface area contributed by atoms with Crippen LogP contribution in [0.2, 0.25) is 0 Å². The first-order valence-corrected chi connectivity index (χ1v) is 6.72. The van der Waals surface area contributed by atoms with E-state index in [2.05, 4.69) is 36.3 Å². The second kappa shape index (κ2) is 5.02. The van der Waals surface area contributed by atoms with Crippen molar-refractivity contribution in [1.82, 2.24) is 19.6 Å². The third-order valence-corrected chi connectivity index (χ3v) is 3.52. The monoisotopic (exact) mass is 320 g/mol. The van der Waals surface area contributed by atoms with Crippen molar-refractivity contribution in [3.8, 4) is 0 Å². The highest BCUT2D eigenvalue weighted by Gasteiger charge is 2.10. The fourth-order valence-corrected chi connectivity index (χ4v) is 2.41. The van der Waals surface area contributed by atoms with Gasteiger partial charge in [0.25, 0.3) is 0 Å². The minimum Gasteiger partial charge on any atom is -0.348 e. The van der Waals surface area contributed by atoms with Crippen LogP contribution in [-0.4, -0.2) is 26.1 Å². The molecular weight excluding hydrogens is 308 g/mol. The van der Waals surface area contributed by atoms with Gasteiger partial charge in [0.2, 0.25) is 0 Å². The van der Waals surface area contributed by atoms with Gasteiger partial charge in [0.05, 0.1) is 5.69 Å². The van der Waals surface area contributed by atoms with Crippen LogP contribution in [0.25, 0.3) is 5.65 Å². The van der Waals surface area contributed by atoms with Gasteiger partial charge < -0.3 is 16.0 Å². The minimum atomic E-state index is 0.566. The van der Waals surface area contributed by atoms with E-state index in [1.807, 2.05) is 30.5 Å². The summed E-state index contributed by atoms with van der Waals surface area (Å²) in [6.07, 6.45) is 2.58. The maximum Gasteiger partial charge on any atom is 0.155 e. The molecule has 0 saturated carbocycles. The Morgan fingerprint density at radius 3 is 3.00 bits per heavy atom. The Balaban J connectivity index is 1.98. The van der Waals surface area contributed by atoms with E-state index >= 15 is 0 Å². The minimum absolute atomic E-state index is 0.566. The zero-order valence-corrected chi connectivity index (χ0v) is 11.7. The summed E-state index contributed by atoms with van der Waals surface area (Å²) in [6, 6.07) is 7.67. The van der Waals surface area contributed by atoms with E-state index in [4.69, 9.17) is 5.73 Å². The zero-order chi connectivity index (χ0) is 13.2. The van der Waals surface area contributed by atoms with Crippen LogP contribution in [-0.2, 0) is 6.42 Å². The van der Waals surface area contributed by atoms with Gasteiger partial charge in [-0.05, 0) is 46.7 Å². The Bertz CT molecular complexity index is 688. The molecule has 0 aliphatic heterocycles. The highest BCUT2D eigenvalue weighted by molar-refractivity contribution is 9.10. The number of aromatic amines is 1. The number of rotatable bonds is 4.